The Balaban J connectivity index is 2.06. The van der Waals surface area contributed by atoms with Crippen LogP contribution in [0.2, 0.25) is 0 Å². The van der Waals surface area contributed by atoms with Gasteiger partial charge in [0.2, 0.25) is 0 Å². The second-order valence-corrected chi connectivity index (χ2v) is 5.02. The van der Waals surface area contributed by atoms with Gasteiger partial charge < -0.3 is 4.90 Å². The van der Waals surface area contributed by atoms with Gasteiger partial charge in [0.1, 0.15) is 0 Å². The average molecular weight is 232 g/mol. The fourth-order valence-corrected chi connectivity index (χ4v) is 2.24. The second kappa shape index (κ2) is 5.30. The molecule has 92 valence electrons. The lowest BCUT2D eigenvalue weighted by atomic mass is 10.0. The highest BCUT2D eigenvalue weighted by atomic mass is 16.2. The van der Waals surface area contributed by atoms with Crippen LogP contribution < -0.4 is 0 Å². The van der Waals surface area contributed by atoms with Crippen LogP contribution in [-0.2, 0) is 0 Å². The van der Waals surface area contributed by atoms with Crippen molar-refractivity contribution in [1.82, 2.24) is 9.88 Å². The van der Waals surface area contributed by atoms with Crippen LogP contribution in [0.4, 0.5) is 0 Å². The maximum Gasteiger partial charge on any atom is 0.255 e. The van der Waals surface area contributed by atoms with Crippen LogP contribution in [0.1, 0.15) is 42.2 Å². The molecule has 3 nitrogen and oxygen atoms in total. The average Bonchev–Trinajstić information content (AvgIpc) is 2.54. The van der Waals surface area contributed by atoms with E-state index in [1.165, 1.54) is 6.42 Å². The molecular weight excluding hydrogens is 212 g/mol. The number of carbonyl (C=O) groups is 1. The van der Waals surface area contributed by atoms with Crippen LogP contribution >= 0.6 is 0 Å². The molecule has 0 radical (unpaired) electrons. The van der Waals surface area contributed by atoms with Crippen LogP contribution in [0.15, 0.2) is 18.3 Å². The highest BCUT2D eigenvalue weighted by Gasteiger charge is 2.19. The molecule has 1 aliphatic rings. The molecule has 1 saturated heterocycles. The van der Waals surface area contributed by atoms with E-state index in [1.807, 2.05) is 24.0 Å². The van der Waals surface area contributed by atoms with Gasteiger partial charge in [-0.3, -0.25) is 9.78 Å². The summed E-state index contributed by atoms with van der Waals surface area (Å²) in [5.74, 6) is 0.871. The topological polar surface area (TPSA) is 33.2 Å². The van der Waals surface area contributed by atoms with Gasteiger partial charge >= 0.3 is 0 Å². The summed E-state index contributed by atoms with van der Waals surface area (Å²) in [5.41, 5.74) is 1.66. The van der Waals surface area contributed by atoms with Gasteiger partial charge in [-0.05, 0) is 44.2 Å². The molecule has 3 heteroatoms. The summed E-state index contributed by atoms with van der Waals surface area (Å²) in [5, 5.41) is 0. The minimum atomic E-state index is 0.131. The zero-order valence-corrected chi connectivity index (χ0v) is 10.6. The number of rotatable bonds is 1. The number of nitrogens with zero attached hydrogens (tertiary/aromatic N) is 2. The molecule has 1 fully saturated rings. The molecule has 1 aromatic heterocycles. The van der Waals surface area contributed by atoms with Crippen LogP contribution in [0.5, 0.6) is 0 Å². The summed E-state index contributed by atoms with van der Waals surface area (Å²) in [4.78, 5) is 18.4. The lowest BCUT2D eigenvalue weighted by Gasteiger charge is -2.20. The van der Waals surface area contributed by atoms with E-state index in [4.69, 9.17) is 0 Å². The molecule has 1 aliphatic heterocycles. The molecule has 1 unspecified atom stereocenters. The third kappa shape index (κ3) is 3.05. The Morgan fingerprint density at radius 2 is 2.18 bits per heavy atom. The van der Waals surface area contributed by atoms with Crippen LogP contribution in [0, 0.1) is 12.8 Å². The van der Waals surface area contributed by atoms with Crippen molar-refractivity contribution in [2.75, 3.05) is 13.1 Å². The minimum Gasteiger partial charge on any atom is -0.339 e. The Morgan fingerprint density at radius 1 is 1.35 bits per heavy atom. The molecule has 2 rings (SSSR count). The monoisotopic (exact) mass is 232 g/mol. The van der Waals surface area contributed by atoms with E-state index in [1.54, 1.807) is 6.20 Å². The van der Waals surface area contributed by atoms with E-state index < -0.39 is 0 Å². The number of pyridine rings is 1. The minimum absolute atomic E-state index is 0.131. The fourth-order valence-electron chi connectivity index (χ4n) is 2.24. The van der Waals surface area contributed by atoms with Gasteiger partial charge in [-0.1, -0.05) is 6.92 Å². The predicted octanol–water partition coefficient (Wildman–Crippen LogP) is 2.65. The Bertz CT molecular complexity index is 386. The molecule has 0 saturated carbocycles. The maximum atomic E-state index is 12.3. The molecule has 1 amide bonds. The smallest absolute Gasteiger partial charge is 0.255 e. The standard InChI is InChI=1S/C14H20N2O/c1-11-4-3-8-16(9-7-11)14(17)13-6-5-12(2)15-10-13/h5-6,10-11H,3-4,7-9H2,1-2H3. The molecule has 0 aliphatic carbocycles. The number of hydrogen-bond acceptors (Lipinski definition) is 2. The van der Waals surface area contributed by atoms with Crippen molar-refractivity contribution in [1.29, 1.82) is 0 Å². The molecular formula is C14H20N2O. The first-order valence-corrected chi connectivity index (χ1v) is 6.39. The molecule has 2 heterocycles. The zero-order valence-electron chi connectivity index (χ0n) is 10.6. The Hall–Kier alpha value is -1.38. The molecule has 17 heavy (non-hydrogen) atoms. The van der Waals surface area contributed by atoms with Gasteiger partial charge in [-0.15, -0.1) is 0 Å². The van der Waals surface area contributed by atoms with Crippen molar-refractivity contribution in [3.63, 3.8) is 0 Å². The van der Waals surface area contributed by atoms with Crippen molar-refractivity contribution in [3.05, 3.63) is 29.6 Å². The van der Waals surface area contributed by atoms with Crippen molar-refractivity contribution in [3.8, 4) is 0 Å². The maximum absolute atomic E-state index is 12.3. The molecule has 0 aromatic carbocycles. The van der Waals surface area contributed by atoms with Crippen molar-refractivity contribution in [2.45, 2.75) is 33.1 Å². The number of likely N-dealkylation sites (tertiary alicyclic amines) is 1. The normalized spacial score (nSPS) is 21.1. The number of amides is 1. The third-order valence-electron chi connectivity index (χ3n) is 3.46. The molecule has 0 spiro atoms. The van der Waals surface area contributed by atoms with Crippen LogP contribution in [-0.4, -0.2) is 28.9 Å². The first-order valence-electron chi connectivity index (χ1n) is 6.39. The van der Waals surface area contributed by atoms with Crippen molar-refractivity contribution in [2.24, 2.45) is 5.92 Å². The largest absolute Gasteiger partial charge is 0.339 e. The van der Waals surface area contributed by atoms with E-state index >= 15 is 0 Å². The fraction of sp³-hybridized carbons (Fsp3) is 0.571. The number of carbonyl (C=O) groups excluding carboxylic acids is 1. The van der Waals surface area contributed by atoms with Crippen LogP contribution in [0.3, 0.4) is 0 Å². The van der Waals surface area contributed by atoms with Gasteiger partial charge in [0.25, 0.3) is 5.91 Å². The van der Waals surface area contributed by atoms with E-state index in [0.29, 0.717) is 5.56 Å². The highest BCUT2D eigenvalue weighted by Crippen LogP contribution is 2.18. The lowest BCUT2D eigenvalue weighted by molar-refractivity contribution is 0.0760. The Kier molecular flexibility index (Phi) is 3.77. The summed E-state index contributed by atoms with van der Waals surface area (Å²) in [7, 11) is 0. The molecule has 1 atom stereocenters. The zero-order chi connectivity index (χ0) is 12.3. The predicted molar refractivity (Wildman–Crippen MR) is 67.9 cm³/mol. The van der Waals surface area contributed by atoms with E-state index in [9.17, 15) is 4.79 Å². The first kappa shape index (κ1) is 12.1. The summed E-state index contributed by atoms with van der Waals surface area (Å²) in [6.45, 7) is 5.97. The Morgan fingerprint density at radius 3 is 2.88 bits per heavy atom. The summed E-state index contributed by atoms with van der Waals surface area (Å²) in [6.07, 6.45) is 5.15. The Labute approximate surface area is 103 Å². The van der Waals surface area contributed by atoms with Crippen LogP contribution in [0.25, 0.3) is 0 Å². The highest BCUT2D eigenvalue weighted by molar-refractivity contribution is 5.93. The number of aryl methyl sites for hydroxylation is 1. The molecule has 0 N–H and O–H groups in total. The summed E-state index contributed by atoms with van der Waals surface area (Å²) < 4.78 is 0. The van der Waals surface area contributed by atoms with Crippen molar-refractivity contribution < 1.29 is 4.79 Å². The van der Waals surface area contributed by atoms with Crippen molar-refractivity contribution >= 4 is 5.91 Å². The number of aromatic nitrogens is 1. The van der Waals surface area contributed by atoms with Gasteiger partial charge in [-0.2, -0.15) is 0 Å². The van der Waals surface area contributed by atoms with E-state index in [0.717, 1.165) is 37.5 Å². The van der Waals surface area contributed by atoms with Gasteiger partial charge in [-0.25, -0.2) is 0 Å². The SMILES string of the molecule is Cc1ccc(C(=O)N2CCCC(C)CC2)cn1. The summed E-state index contributed by atoms with van der Waals surface area (Å²) in [6, 6.07) is 3.77. The van der Waals surface area contributed by atoms with Gasteiger partial charge in [0.15, 0.2) is 0 Å². The third-order valence-corrected chi connectivity index (χ3v) is 3.46. The van der Waals surface area contributed by atoms with E-state index in [-0.39, 0.29) is 5.91 Å². The van der Waals surface area contributed by atoms with Gasteiger partial charge in [0, 0.05) is 25.0 Å². The molecule has 1 aromatic rings. The quantitative estimate of drug-likeness (QED) is 0.745. The van der Waals surface area contributed by atoms with Gasteiger partial charge in [0.05, 0.1) is 5.56 Å². The first-order chi connectivity index (χ1) is 8.16. The second-order valence-electron chi connectivity index (χ2n) is 5.02. The lowest BCUT2D eigenvalue weighted by Crippen LogP contribution is -2.32. The summed E-state index contributed by atoms with van der Waals surface area (Å²) >= 11 is 0. The number of hydrogen-bond donors (Lipinski definition) is 0. The van der Waals surface area contributed by atoms with E-state index in [2.05, 4.69) is 11.9 Å². The molecule has 0 bridgehead atoms.